The molecule has 0 spiro atoms. The van der Waals surface area contributed by atoms with Crippen LogP contribution in [0.2, 0.25) is 0 Å². The first-order valence-electron chi connectivity index (χ1n) is 9.70. The lowest BCUT2D eigenvalue weighted by Crippen LogP contribution is -2.30. The van der Waals surface area contributed by atoms with Crippen molar-refractivity contribution in [2.24, 2.45) is 0 Å². The SMILES string of the molecule is O=C(Nc1ccc(NC(=S)NCCc2ccc(F)cc2)cc1C(F)(F)F)c1ccccc1F. The number of hydrogen-bond donors (Lipinski definition) is 3. The molecule has 0 radical (unpaired) electrons. The second kappa shape index (κ2) is 10.4. The van der Waals surface area contributed by atoms with E-state index in [1.165, 1.54) is 36.4 Å². The number of rotatable bonds is 6. The Morgan fingerprint density at radius 3 is 2.27 bits per heavy atom. The summed E-state index contributed by atoms with van der Waals surface area (Å²) in [6.07, 6.45) is -4.26. The predicted octanol–water partition coefficient (Wildman–Crippen LogP) is 5.77. The molecule has 3 aromatic rings. The fourth-order valence-corrected chi connectivity index (χ4v) is 3.17. The molecule has 172 valence electrons. The third-order valence-electron chi connectivity index (χ3n) is 4.56. The zero-order chi connectivity index (χ0) is 24.0. The zero-order valence-electron chi connectivity index (χ0n) is 17.0. The second-order valence-corrected chi connectivity index (χ2v) is 7.36. The van der Waals surface area contributed by atoms with Gasteiger partial charge in [-0.3, -0.25) is 4.79 Å². The highest BCUT2D eigenvalue weighted by Crippen LogP contribution is 2.37. The molecule has 4 nitrogen and oxygen atoms in total. The summed E-state index contributed by atoms with van der Waals surface area (Å²) in [7, 11) is 0. The quantitative estimate of drug-likeness (QED) is 0.311. The van der Waals surface area contributed by atoms with E-state index in [4.69, 9.17) is 12.2 Å². The Kier molecular flexibility index (Phi) is 7.59. The summed E-state index contributed by atoms with van der Waals surface area (Å²) in [5, 5.41) is 7.72. The van der Waals surface area contributed by atoms with E-state index in [9.17, 15) is 26.7 Å². The average Bonchev–Trinajstić information content (AvgIpc) is 2.75. The molecule has 1 amide bonds. The molecule has 0 aliphatic heterocycles. The monoisotopic (exact) mass is 479 g/mol. The summed E-state index contributed by atoms with van der Waals surface area (Å²) in [6, 6.07) is 14.0. The third kappa shape index (κ3) is 6.72. The topological polar surface area (TPSA) is 53.2 Å². The van der Waals surface area contributed by atoms with Crippen molar-refractivity contribution in [1.29, 1.82) is 0 Å². The van der Waals surface area contributed by atoms with Gasteiger partial charge in [-0.15, -0.1) is 0 Å². The van der Waals surface area contributed by atoms with E-state index in [1.807, 2.05) is 0 Å². The highest BCUT2D eigenvalue weighted by atomic mass is 32.1. The molecule has 0 saturated heterocycles. The smallest absolute Gasteiger partial charge is 0.362 e. The fraction of sp³-hybridized carbons (Fsp3) is 0.130. The Hall–Kier alpha value is -3.53. The molecule has 33 heavy (non-hydrogen) atoms. The zero-order valence-corrected chi connectivity index (χ0v) is 17.8. The molecule has 3 N–H and O–H groups in total. The van der Waals surface area contributed by atoms with E-state index in [2.05, 4.69) is 16.0 Å². The predicted molar refractivity (Wildman–Crippen MR) is 120 cm³/mol. The van der Waals surface area contributed by atoms with Gasteiger partial charge in [0.2, 0.25) is 0 Å². The number of hydrogen-bond acceptors (Lipinski definition) is 2. The van der Waals surface area contributed by atoms with Crippen molar-refractivity contribution in [1.82, 2.24) is 5.32 Å². The van der Waals surface area contributed by atoms with Crippen molar-refractivity contribution in [3.63, 3.8) is 0 Å². The molecular formula is C23H18F5N3OS. The summed E-state index contributed by atoms with van der Waals surface area (Å²) >= 11 is 5.12. The largest absolute Gasteiger partial charge is 0.418 e. The summed E-state index contributed by atoms with van der Waals surface area (Å²) < 4.78 is 67.5. The van der Waals surface area contributed by atoms with Crippen molar-refractivity contribution in [3.8, 4) is 0 Å². The average molecular weight is 479 g/mol. The van der Waals surface area contributed by atoms with Gasteiger partial charge in [0.25, 0.3) is 5.91 Å². The lowest BCUT2D eigenvalue weighted by Gasteiger charge is -2.17. The number of amides is 1. The molecule has 10 heteroatoms. The van der Waals surface area contributed by atoms with E-state index < -0.39 is 29.2 Å². The van der Waals surface area contributed by atoms with Crippen LogP contribution in [0.1, 0.15) is 21.5 Å². The van der Waals surface area contributed by atoms with E-state index >= 15 is 0 Å². The summed E-state index contributed by atoms with van der Waals surface area (Å²) in [6.45, 7) is 0.375. The number of thiocarbonyl (C=S) groups is 1. The first-order chi connectivity index (χ1) is 15.6. The van der Waals surface area contributed by atoms with Crippen molar-refractivity contribution >= 4 is 34.6 Å². The molecule has 0 heterocycles. The van der Waals surface area contributed by atoms with Gasteiger partial charge in [-0.1, -0.05) is 24.3 Å². The lowest BCUT2D eigenvalue weighted by molar-refractivity contribution is -0.136. The highest BCUT2D eigenvalue weighted by molar-refractivity contribution is 7.80. The van der Waals surface area contributed by atoms with Gasteiger partial charge >= 0.3 is 6.18 Å². The summed E-state index contributed by atoms with van der Waals surface area (Å²) in [4.78, 5) is 12.2. The molecule has 3 aromatic carbocycles. The molecular weight excluding hydrogens is 461 g/mol. The minimum Gasteiger partial charge on any atom is -0.362 e. The normalized spacial score (nSPS) is 11.1. The van der Waals surface area contributed by atoms with Gasteiger partial charge in [0.1, 0.15) is 11.6 Å². The van der Waals surface area contributed by atoms with Crippen LogP contribution in [-0.4, -0.2) is 17.6 Å². The molecule has 0 aromatic heterocycles. The lowest BCUT2D eigenvalue weighted by atomic mass is 10.1. The Labute approximate surface area is 191 Å². The van der Waals surface area contributed by atoms with E-state index in [1.54, 1.807) is 12.1 Å². The molecule has 0 atom stereocenters. The van der Waals surface area contributed by atoms with Crippen LogP contribution in [0.5, 0.6) is 0 Å². The van der Waals surface area contributed by atoms with Crippen molar-refractivity contribution in [2.45, 2.75) is 12.6 Å². The molecule has 0 aliphatic carbocycles. The van der Waals surface area contributed by atoms with E-state index in [0.29, 0.717) is 13.0 Å². The molecule has 0 fully saturated rings. The fourth-order valence-electron chi connectivity index (χ4n) is 2.95. The van der Waals surface area contributed by atoms with Crippen molar-refractivity contribution in [3.05, 3.63) is 95.1 Å². The number of alkyl halides is 3. The maximum absolute atomic E-state index is 13.8. The Morgan fingerprint density at radius 2 is 1.61 bits per heavy atom. The van der Waals surface area contributed by atoms with Crippen LogP contribution in [0.3, 0.4) is 0 Å². The standard InChI is InChI=1S/C23H18F5N3OS/c24-15-7-5-14(6-8-15)11-12-29-22(33)30-16-9-10-20(18(13-16)23(26,27)28)31-21(32)17-3-1-2-4-19(17)25/h1-10,13H,11-12H2,(H,31,32)(H2,29,30,33). The van der Waals surface area contributed by atoms with Crippen molar-refractivity contribution in [2.75, 3.05) is 17.2 Å². The van der Waals surface area contributed by atoms with Crippen LogP contribution < -0.4 is 16.0 Å². The van der Waals surface area contributed by atoms with Gasteiger partial charge in [0.15, 0.2) is 5.11 Å². The molecule has 3 rings (SSSR count). The third-order valence-corrected chi connectivity index (χ3v) is 4.81. The number of benzene rings is 3. The first-order valence-corrected chi connectivity index (χ1v) is 10.1. The van der Waals surface area contributed by atoms with Gasteiger partial charge in [-0.25, -0.2) is 8.78 Å². The molecule has 0 saturated carbocycles. The van der Waals surface area contributed by atoms with E-state index in [0.717, 1.165) is 23.8 Å². The van der Waals surface area contributed by atoms with Crippen molar-refractivity contribution < 1.29 is 26.7 Å². The Balaban J connectivity index is 1.67. The minimum atomic E-state index is -4.78. The van der Waals surface area contributed by atoms with Crippen LogP contribution in [0.15, 0.2) is 66.7 Å². The van der Waals surface area contributed by atoms with Gasteiger partial charge in [-0.2, -0.15) is 13.2 Å². The molecule has 0 unspecified atom stereocenters. The summed E-state index contributed by atoms with van der Waals surface area (Å²) in [5.74, 6) is -2.20. The Bertz CT molecular complexity index is 1150. The van der Waals surface area contributed by atoms with Crippen LogP contribution in [0, 0.1) is 11.6 Å². The molecule has 0 bridgehead atoms. The van der Waals surface area contributed by atoms with Gasteiger partial charge in [0, 0.05) is 12.2 Å². The minimum absolute atomic E-state index is 0.0468. The van der Waals surface area contributed by atoms with Crippen LogP contribution in [-0.2, 0) is 12.6 Å². The number of carbonyl (C=O) groups is 1. The van der Waals surface area contributed by atoms with Gasteiger partial charge < -0.3 is 16.0 Å². The number of halogens is 5. The Morgan fingerprint density at radius 1 is 0.909 bits per heavy atom. The van der Waals surface area contributed by atoms with E-state index in [-0.39, 0.29) is 22.2 Å². The maximum Gasteiger partial charge on any atom is 0.418 e. The second-order valence-electron chi connectivity index (χ2n) is 6.95. The van der Waals surface area contributed by atoms with Gasteiger partial charge in [-0.05, 0) is 66.7 Å². The number of nitrogens with one attached hydrogen (secondary N) is 3. The summed E-state index contributed by atoms with van der Waals surface area (Å²) in [5.41, 5.74) is -1.10. The number of carbonyl (C=O) groups excluding carboxylic acids is 1. The van der Waals surface area contributed by atoms with Crippen LogP contribution in [0.25, 0.3) is 0 Å². The maximum atomic E-state index is 13.8. The molecule has 0 aliphatic rings. The van der Waals surface area contributed by atoms with Crippen LogP contribution in [0.4, 0.5) is 33.3 Å². The van der Waals surface area contributed by atoms with Gasteiger partial charge in [0.05, 0.1) is 16.8 Å². The number of anilines is 2. The first kappa shape index (κ1) is 24.1. The highest BCUT2D eigenvalue weighted by Gasteiger charge is 2.34. The van der Waals surface area contributed by atoms with Crippen LogP contribution >= 0.6 is 12.2 Å².